The first-order valence-electron chi connectivity index (χ1n) is 6.93. The lowest BCUT2D eigenvalue weighted by Gasteiger charge is -2.36. The number of aliphatic carboxylic acids is 1. The molecule has 5 heteroatoms. The monoisotopic (exact) mass is 276 g/mol. The Hall–Kier alpha value is -1.88. The number of benzene rings is 1. The molecule has 1 aliphatic heterocycles. The number of hydrogen-bond donors (Lipinski definition) is 2. The van der Waals surface area contributed by atoms with Crippen LogP contribution in [-0.4, -0.2) is 34.5 Å². The molecule has 0 spiro atoms. The van der Waals surface area contributed by atoms with Crippen LogP contribution in [-0.2, 0) is 16.0 Å². The van der Waals surface area contributed by atoms with Crippen LogP contribution in [0.4, 0.5) is 0 Å². The van der Waals surface area contributed by atoms with Crippen LogP contribution < -0.4 is 5.73 Å². The van der Waals surface area contributed by atoms with E-state index in [1.54, 1.807) is 12.1 Å². The van der Waals surface area contributed by atoms with Crippen LogP contribution in [0.25, 0.3) is 0 Å². The Morgan fingerprint density at radius 3 is 2.80 bits per heavy atom. The molecule has 0 saturated carbocycles. The summed E-state index contributed by atoms with van der Waals surface area (Å²) in [6, 6.07) is 5.84. The van der Waals surface area contributed by atoms with Crippen molar-refractivity contribution >= 4 is 11.9 Å². The van der Waals surface area contributed by atoms with Gasteiger partial charge >= 0.3 is 5.97 Å². The summed E-state index contributed by atoms with van der Waals surface area (Å²) in [5.41, 5.74) is 7.55. The highest BCUT2D eigenvalue weighted by Gasteiger charge is 2.37. The maximum absolute atomic E-state index is 12.4. The molecule has 1 aromatic carbocycles. The molecule has 1 aromatic rings. The normalized spacial score (nSPS) is 19.3. The van der Waals surface area contributed by atoms with E-state index < -0.39 is 18.1 Å². The van der Waals surface area contributed by atoms with Crippen LogP contribution in [0.3, 0.4) is 0 Å². The van der Waals surface area contributed by atoms with Gasteiger partial charge < -0.3 is 15.7 Å². The summed E-state index contributed by atoms with van der Waals surface area (Å²) in [4.78, 5) is 25.3. The molecule has 2 unspecified atom stereocenters. The highest BCUT2D eigenvalue weighted by atomic mass is 16.4. The van der Waals surface area contributed by atoms with Crippen LogP contribution in [0.1, 0.15) is 36.9 Å². The van der Waals surface area contributed by atoms with Gasteiger partial charge in [-0.05, 0) is 24.0 Å². The van der Waals surface area contributed by atoms with Gasteiger partial charge in [-0.25, -0.2) is 4.79 Å². The first kappa shape index (κ1) is 14.5. The Labute approximate surface area is 118 Å². The average Bonchev–Trinajstić information content (AvgIpc) is 2.45. The first-order valence-corrected chi connectivity index (χ1v) is 6.93. The molecule has 2 atom stereocenters. The van der Waals surface area contributed by atoms with E-state index in [2.05, 4.69) is 0 Å². The summed E-state index contributed by atoms with van der Waals surface area (Å²) in [5, 5.41) is 9.48. The molecule has 0 aromatic heterocycles. The Morgan fingerprint density at radius 1 is 1.45 bits per heavy atom. The molecule has 1 aliphatic rings. The minimum Gasteiger partial charge on any atom is -0.479 e. The second-order valence-electron chi connectivity index (χ2n) is 5.12. The van der Waals surface area contributed by atoms with Crippen molar-refractivity contribution in [3.05, 3.63) is 35.4 Å². The molecule has 3 N–H and O–H groups in total. The van der Waals surface area contributed by atoms with Crippen molar-refractivity contribution in [1.29, 1.82) is 0 Å². The SMILES string of the molecule is CCCC(N)C(=O)N1CCc2ccccc2C1C(=O)O. The second-order valence-corrected chi connectivity index (χ2v) is 5.12. The Bertz CT molecular complexity index is 516. The van der Waals surface area contributed by atoms with Crippen molar-refractivity contribution in [1.82, 2.24) is 4.90 Å². The van der Waals surface area contributed by atoms with E-state index in [9.17, 15) is 14.7 Å². The maximum Gasteiger partial charge on any atom is 0.331 e. The van der Waals surface area contributed by atoms with Gasteiger partial charge in [0.2, 0.25) is 5.91 Å². The average molecular weight is 276 g/mol. The zero-order valence-corrected chi connectivity index (χ0v) is 11.6. The minimum atomic E-state index is -1.01. The number of rotatable bonds is 4. The van der Waals surface area contributed by atoms with Gasteiger partial charge in [0.1, 0.15) is 0 Å². The molecule has 0 radical (unpaired) electrons. The van der Waals surface area contributed by atoms with Crippen molar-refractivity contribution in [2.45, 2.75) is 38.3 Å². The smallest absolute Gasteiger partial charge is 0.331 e. The third-order valence-electron chi connectivity index (χ3n) is 3.72. The lowest BCUT2D eigenvalue weighted by molar-refractivity contribution is -0.151. The molecule has 0 bridgehead atoms. The standard InChI is InChI=1S/C15H20N2O3/c1-2-5-12(16)14(18)17-9-8-10-6-3-4-7-11(10)13(17)15(19)20/h3-4,6-7,12-13H,2,5,8-9,16H2,1H3,(H,19,20). The molecule has 0 fully saturated rings. The number of carboxylic acids is 1. The minimum absolute atomic E-state index is 0.270. The molecule has 1 heterocycles. The molecule has 20 heavy (non-hydrogen) atoms. The Kier molecular flexibility index (Phi) is 4.39. The largest absolute Gasteiger partial charge is 0.479 e. The summed E-state index contributed by atoms with van der Waals surface area (Å²) in [5.74, 6) is -1.28. The molecule has 2 rings (SSSR count). The molecule has 5 nitrogen and oxygen atoms in total. The number of hydrogen-bond acceptors (Lipinski definition) is 3. The van der Waals surface area contributed by atoms with Crippen molar-refractivity contribution in [3.63, 3.8) is 0 Å². The Balaban J connectivity index is 2.31. The topological polar surface area (TPSA) is 83.6 Å². The summed E-state index contributed by atoms with van der Waals surface area (Å²) >= 11 is 0. The van der Waals surface area contributed by atoms with Crippen molar-refractivity contribution in [2.75, 3.05) is 6.54 Å². The number of carbonyl (C=O) groups is 2. The molecule has 0 aliphatic carbocycles. The summed E-state index contributed by atoms with van der Waals surface area (Å²) in [7, 11) is 0. The van der Waals surface area contributed by atoms with Gasteiger partial charge in [0.15, 0.2) is 6.04 Å². The quantitative estimate of drug-likeness (QED) is 0.869. The zero-order valence-electron chi connectivity index (χ0n) is 11.6. The number of fused-ring (bicyclic) bond motifs is 1. The lowest BCUT2D eigenvalue weighted by atomic mass is 9.92. The number of carboxylic acid groups (broad SMARTS) is 1. The predicted octanol–water partition coefficient (Wildman–Crippen LogP) is 1.32. The predicted molar refractivity (Wildman–Crippen MR) is 75.1 cm³/mol. The van der Waals surface area contributed by atoms with Gasteiger partial charge in [0.05, 0.1) is 6.04 Å². The fourth-order valence-corrected chi connectivity index (χ4v) is 2.72. The van der Waals surface area contributed by atoms with E-state index in [1.807, 2.05) is 19.1 Å². The van der Waals surface area contributed by atoms with Crippen LogP contribution in [0.15, 0.2) is 24.3 Å². The van der Waals surface area contributed by atoms with Gasteiger partial charge in [0, 0.05) is 6.54 Å². The van der Waals surface area contributed by atoms with E-state index in [4.69, 9.17) is 5.73 Å². The van der Waals surface area contributed by atoms with Crippen molar-refractivity contribution in [2.24, 2.45) is 5.73 Å². The molecule has 108 valence electrons. The van der Waals surface area contributed by atoms with Gasteiger partial charge in [-0.15, -0.1) is 0 Å². The lowest BCUT2D eigenvalue weighted by Crippen LogP contribution is -2.50. The molecule has 1 amide bonds. The Morgan fingerprint density at radius 2 is 2.15 bits per heavy atom. The third-order valence-corrected chi connectivity index (χ3v) is 3.72. The van der Waals surface area contributed by atoms with Crippen LogP contribution in [0.2, 0.25) is 0 Å². The first-order chi connectivity index (χ1) is 9.56. The van der Waals surface area contributed by atoms with E-state index in [1.165, 1.54) is 4.90 Å². The van der Waals surface area contributed by atoms with Gasteiger partial charge in [0.25, 0.3) is 0 Å². The molecular weight excluding hydrogens is 256 g/mol. The van der Waals surface area contributed by atoms with E-state index in [0.717, 1.165) is 12.0 Å². The highest BCUT2D eigenvalue weighted by molar-refractivity contribution is 5.88. The fourth-order valence-electron chi connectivity index (χ4n) is 2.72. The van der Waals surface area contributed by atoms with E-state index in [-0.39, 0.29) is 5.91 Å². The number of amides is 1. The fraction of sp³-hybridized carbons (Fsp3) is 0.467. The highest BCUT2D eigenvalue weighted by Crippen LogP contribution is 2.30. The third kappa shape index (κ3) is 2.67. The number of nitrogens with zero attached hydrogens (tertiary/aromatic N) is 1. The van der Waals surface area contributed by atoms with Gasteiger partial charge in [-0.2, -0.15) is 0 Å². The van der Waals surface area contributed by atoms with Gasteiger partial charge in [-0.3, -0.25) is 4.79 Å². The maximum atomic E-state index is 12.4. The van der Waals surface area contributed by atoms with Crippen molar-refractivity contribution < 1.29 is 14.7 Å². The van der Waals surface area contributed by atoms with Crippen LogP contribution in [0, 0.1) is 0 Å². The van der Waals surface area contributed by atoms with Crippen LogP contribution >= 0.6 is 0 Å². The summed E-state index contributed by atoms with van der Waals surface area (Å²) in [6.07, 6.45) is 2.04. The van der Waals surface area contributed by atoms with E-state index >= 15 is 0 Å². The number of nitrogens with two attached hydrogens (primary N) is 1. The summed E-state index contributed by atoms with van der Waals surface area (Å²) in [6.45, 7) is 2.36. The van der Waals surface area contributed by atoms with Gasteiger partial charge in [-0.1, -0.05) is 37.6 Å². The van der Waals surface area contributed by atoms with E-state index in [0.29, 0.717) is 24.9 Å². The molecule has 0 saturated heterocycles. The second kappa shape index (κ2) is 6.05. The zero-order chi connectivity index (χ0) is 14.7. The molecular formula is C15H20N2O3. The van der Waals surface area contributed by atoms with Crippen molar-refractivity contribution in [3.8, 4) is 0 Å². The number of carbonyl (C=O) groups excluding carboxylic acids is 1. The van der Waals surface area contributed by atoms with Crippen LogP contribution in [0.5, 0.6) is 0 Å². The summed E-state index contributed by atoms with van der Waals surface area (Å²) < 4.78 is 0.